The number of alkyl halides is 3. The molecule has 0 unspecified atom stereocenters. The van der Waals surface area contributed by atoms with Gasteiger partial charge in [-0.1, -0.05) is 18.2 Å². The number of nitrogens with zero attached hydrogens (tertiary/aromatic N) is 1. The lowest BCUT2D eigenvalue weighted by molar-refractivity contribution is -0.137. The fraction of sp³-hybridized carbons (Fsp3) is 0.316. The number of ether oxygens (including phenoxy) is 1. The summed E-state index contributed by atoms with van der Waals surface area (Å²) in [6.07, 6.45) is -2.74. The lowest BCUT2D eigenvalue weighted by Crippen LogP contribution is -2.25. The van der Waals surface area contributed by atoms with E-state index in [9.17, 15) is 13.2 Å². The third-order valence-electron chi connectivity index (χ3n) is 4.57. The van der Waals surface area contributed by atoms with E-state index in [1.165, 1.54) is 12.1 Å². The van der Waals surface area contributed by atoms with E-state index in [1.807, 2.05) is 0 Å². The minimum atomic E-state index is -4.34. The molecule has 0 radical (unpaired) electrons. The predicted molar refractivity (Wildman–Crippen MR) is 111 cm³/mol. The molecular weight excluding hydrogens is 470 g/mol. The van der Waals surface area contributed by atoms with Gasteiger partial charge in [-0.15, -0.1) is 24.0 Å². The first-order valence-corrected chi connectivity index (χ1v) is 8.21. The van der Waals surface area contributed by atoms with Crippen molar-refractivity contribution in [2.45, 2.75) is 24.4 Å². The van der Waals surface area contributed by atoms with Gasteiger partial charge in [0, 0.05) is 11.1 Å². The lowest BCUT2D eigenvalue weighted by atomic mass is 9.94. The smallest absolute Gasteiger partial charge is 0.416 e. The summed E-state index contributed by atoms with van der Waals surface area (Å²) >= 11 is 0. The maximum absolute atomic E-state index is 12.9. The van der Waals surface area contributed by atoms with Crippen LogP contribution in [0, 0.1) is 0 Å². The van der Waals surface area contributed by atoms with Crippen LogP contribution >= 0.6 is 24.0 Å². The van der Waals surface area contributed by atoms with Gasteiger partial charge in [0.25, 0.3) is 0 Å². The van der Waals surface area contributed by atoms with Crippen molar-refractivity contribution in [3.63, 3.8) is 0 Å². The highest BCUT2D eigenvalue weighted by Crippen LogP contribution is 2.49. The molecule has 8 heteroatoms. The molecule has 2 aromatic rings. The normalized spacial score (nSPS) is 15.6. The van der Waals surface area contributed by atoms with Crippen LogP contribution in [0.1, 0.15) is 24.0 Å². The van der Waals surface area contributed by atoms with Crippen LogP contribution in [-0.4, -0.2) is 19.6 Å². The number of hydrogen-bond donors (Lipinski definition) is 2. The second-order valence-electron chi connectivity index (χ2n) is 6.41. The van der Waals surface area contributed by atoms with Gasteiger partial charge in [0.05, 0.1) is 19.2 Å². The zero-order valence-electron chi connectivity index (χ0n) is 14.7. The summed E-state index contributed by atoms with van der Waals surface area (Å²) in [5.41, 5.74) is 6.35. The molecule has 0 heterocycles. The van der Waals surface area contributed by atoms with Crippen molar-refractivity contribution >= 4 is 35.6 Å². The molecule has 2 aromatic carbocycles. The van der Waals surface area contributed by atoms with Gasteiger partial charge in [-0.25, -0.2) is 0 Å². The molecule has 0 aliphatic heterocycles. The van der Waals surface area contributed by atoms with E-state index in [0.717, 1.165) is 30.3 Å². The first-order valence-electron chi connectivity index (χ1n) is 8.21. The Labute approximate surface area is 173 Å². The van der Waals surface area contributed by atoms with E-state index in [2.05, 4.69) is 10.3 Å². The van der Waals surface area contributed by atoms with Gasteiger partial charge >= 0.3 is 6.18 Å². The van der Waals surface area contributed by atoms with Crippen LogP contribution in [0.4, 0.5) is 18.9 Å². The largest absolute Gasteiger partial charge is 0.497 e. The highest BCUT2D eigenvalue weighted by molar-refractivity contribution is 14.0. The summed E-state index contributed by atoms with van der Waals surface area (Å²) in [5, 5.41) is 2.97. The molecule has 0 aromatic heterocycles. The predicted octanol–water partition coefficient (Wildman–Crippen LogP) is 4.79. The topological polar surface area (TPSA) is 59.6 Å². The van der Waals surface area contributed by atoms with Crippen molar-refractivity contribution in [1.29, 1.82) is 0 Å². The Morgan fingerprint density at radius 1 is 1.19 bits per heavy atom. The van der Waals surface area contributed by atoms with E-state index in [1.54, 1.807) is 37.4 Å². The Balaban J connectivity index is 0.00000261. The lowest BCUT2D eigenvalue weighted by Gasteiger charge is -2.16. The number of aliphatic imine (C=N–C) groups is 1. The van der Waals surface area contributed by atoms with Crippen LogP contribution < -0.4 is 15.8 Å². The molecule has 1 fully saturated rings. The number of rotatable bonds is 5. The summed E-state index contributed by atoms with van der Waals surface area (Å²) in [6, 6.07) is 12.7. The van der Waals surface area contributed by atoms with Crippen LogP contribution in [0.3, 0.4) is 0 Å². The molecular formula is C19H21F3IN3O. The quantitative estimate of drug-likeness (QED) is 0.359. The van der Waals surface area contributed by atoms with Gasteiger partial charge in [0.2, 0.25) is 0 Å². The average molecular weight is 491 g/mol. The Kier molecular flexibility index (Phi) is 6.61. The van der Waals surface area contributed by atoms with Crippen molar-refractivity contribution in [2.24, 2.45) is 10.7 Å². The van der Waals surface area contributed by atoms with Gasteiger partial charge in [0.1, 0.15) is 5.75 Å². The number of guanidine groups is 1. The minimum Gasteiger partial charge on any atom is -0.497 e. The fourth-order valence-electron chi connectivity index (χ4n) is 2.81. The molecule has 3 N–H and O–H groups in total. The van der Waals surface area contributed by atoms with Crippen molar-refractivity contribution < 1.29 is 17.9 Å². The molecule has 1 aliphatic rings. The molecule has 1 aliphatic carbocycles. The maximum atomic E-state index is 12.9. The van der Waals surface area contributed by atoms with E-state index in [0.29, 0.717) is 12.1 Å². The maximum Gasteiger partial charge on any atom is 0.416 e. The number of nitrogens with one attached hydrogen (secondary N) is 1. The summed E-state index contributed by atoms with van der Waals surface area (Å²) < 4.78 is 43.8. The monoisotopic (exact) mass is 491 g/mol. The minimum absolute atomic E-state index is 0. The number of nitrogens with two attached hydrogens (primary N) is 1. The van der Waals surface area contributed by atoms with Gasteiger partial charge in [-0.05, 0) is 48.7 Å². The van der Waals surface area contributed by atoms with Crippen LogP contribution in [0.25, 0.3) is 0 Å². The Morgan fingerprint density at radius 3 is 2.41 bits per heavy atom. The second-order valence-corrected chi connectivity index (χ2v) is 6.41. The molecule has 0 spiro atoms. The molecule has 146 valence electrons. The molecule has 0 saturated heterocycles. The van der Waals surface area contributed by atoms with E-state index < -0.39 is 11.7 Å². The van der Waals surface area contributed by atoms with Crippen molar-refractivity contribution in [3.05, 3.63) is 59.7 Å². The van der Waals surface area contributed by atoms with Crippen LogP contribution in [-0.2, 0) is 11.6 Å². The Morgan fingerprint density at radius 2 is 1.85 bits per heavy atom. The molecule has 0 amide bonds. The van der Waals surface area contributed by atoms with Gasteiger partial charge < -0.3 is 15.8 Å². The first-order chi connectivity index (χ1) is 12.3. The van der Waals surface area contributed by atoms with Crippen LogP contribution in [0.5, 0.6) is 5.75 Å². The summed E-state index contributed by atoms with van der Waals surface area (Å²) in [7, 11) is 1.58. The van der Waals surface area contributed by atoms with Crippen LogP contribution in [0.15, 0.2) is 53.5 Å². The Bertz CT molecular complexity index is 803. The highest BCUT2D eigenvalue weighted by atomic mass is 127. The standard InChI is InChI=1S/C19H20F3N3O.HI/c1-26-16-7-5-15(6-8-16)25-17(23)24-12-18(9-10-18)13-3-2-4-14(11-13)19(20,21)22;/h2-8,11H,9-10,12H2,1H3,(H3,23,24,25);1H. The number of anilines is 1. The van der Waals surface area contributed by atoms with Crippen LogP contribution in [0.2, 0.25) is 0 Å². The van der Waals surface area contributed by atoms with Crippen molar-refractivity contribution in [1.82, 2.24) is 0 Å². The number of benzene rings is 2. The zero-order valence-corrected chi connectivity index (χ0v) is 17.0. The highest BCUT2D eigenvalue weighted by Gasteiger charge is 2.45. The number of halogens is 4. The van der Waals surface area contributed by atoms with Gasteiger partial charge in [0.15, 0.2) is 5.96 Å². The first kappa shape index (κ1) is 21.3. The molecule has 0 atom stereocenters. The average Bonchev–Trinajstić information content (AvgIpc) is 3.41. The molecule has 1 saturated carbocycles. The third-order valence-corrected chi connectivity index (χ3v) is 4.57. The van der Waals surface area contributed by atoms with Crippen molar-refractivity contribution in [3.8, 4) is 5.75 Å². The van der Waals surface area contributed by atoms with Gasteiger partial charge in [-0.3, -0.25) is 4.99 Å². The number of methoxy groups -OCH3 is 1. The summed E-state index contributed by atoms with van der Waals surface area (Å²) in [6.45, 7) is 0.350. The summed E-state index contributed by atoms with van der Waals surface area (Å²) in [4.78, 5) is 4.34. The molecule has 3 rings (SSSR count). The third kappa shape index (κ3) is 5.27. The fourth-order valence-corrected chi connectivity index (χ4v) is 2.81. The summed E-state index contributed by atoms with van der Waals surface area (Å²) in [5.74, 6) is 0.959. The second kappa shape index (κ2) is 8.37. The van der Waals surface area contributed by atoms with E-state index in [-0.39, 0.29) is 35.4 Å². The van der Waals surface area contributed by atoms with E-state index in [4.69, 9.17) is 10.5 Å². The SMILES string of the molecule is COc1ccc(NC(N)=NCC2(c3cccc(C(F)(F)F)c3)CC2)cc1.I. The molecule has 0 bridgehead atoms. The van der Waals surface area contributed by atoms with E-state index >= 15 is 0 Å². The molecule has 4 nitrogen and oxygen atoms in total. The Hall–Kier alpha value is -1.97. The van der Waals surface area contributed by atoms with Crippen molar-refractivity contribution in [2.75, 3.05) is 19.0 Å². The zero-order chi connectivity index (χ0) is 18.8. The van der Waals surface area contributed by atoms with Gasteiger partial charge in [-0.2, -0.15) is 13.2 Å². The molecule has 27 heavy (non-hydrogen) atoms. The number of hydrogen-bond acceptors (Lipinski definition) is 2.